The molecule has 5 heterocycles. The summed E-state index contributed by atoms with van der Waals surface area (Å²) in [5, 5.41) is 13.1. The Bertz CT molecular complexity index is 2410. The fraction of sp³-hybridized carbons (Fsp3) is 0.368. The fourth-order valence-corrected chi connectivity index (χ4v) is 6.85. The van der Waals surface area contributed by atoms with Crippen molar-refractivity contribution in [1.29, 1.82) is 0 Å². The number of oxazole rings is 1. The third-order valence-corrected chi connectivity index (χ3v) is 9.67. The zero-order valence-corrected chi connectivity index (χ0v) is 31.3. The summed E-state index contributed by atoms with van der Waals surface area (Å²) in [5.41, 5.74) is 15.2. The first-order valence-corrected chi connectivity index (χ1v) is 18.8. The van der Waals surface area contributed by atoms with Crippen LogP contribution in [0.4, 0.5) is 17.5 Å². The summed E-state index contributed by atoms with van der Waals surface area (Å²) < 4.78 is 18.4. The van der Waals surface area contributed by atoms with Crippen LogP contribution in [0.2, 0.25) is 0 Å². The van der Waals surface area contributed by atoms with Crippen LogP contribution in [-0.2, 0) is 35.2 Å². The summed E-state index contributed by atoms with van der Waals surface area (Å²) in [6.07, 6.45) is 3.62. The SMILES string of the molecule is Nc1nc2cc(-c3nn(CCOCCOCCC(=O)NCCCCCC(=O)Nc4cccc5c4C(=O)N(C4CCC(=O)NC4=O)C5=O)c4ncnc(N)c34)ccc2o1. The Morgan fingerprint density at radius 2 is 1.76 bits per heavy atom. The van der Waals surface area contributed by atoms with E-state index in [1.165, 1.54) is 18.5 Å². The highest BCUT2D eigenvalue weighted by molar-refractivity contribution is 6.26. The monoisotopic (exact) mass is 795 g/mol. The van der Waals surface area contributed by atoms with Gasteiger partial charge < -0.3 is 36.0 Å². The highest BCUT2D eigenvalue weighted by atomic mass is 16.5. The third kappa shape index (κ3) is 8.61. The van der Waals surface area contributed by atoms with Gasteiger partial charge in [0.25, 0.3) is 17.8 Å². The van der Waals surface area contributed by atoms with E-state index in [-0.39, 0.29) is 66.9 Å². The summed E-state index contributed by atoms with van der Waals surface area (Å²) in [6.45, 7) is 1.99. The molecule has 0 bridgehead atoms. The van der Waals surface area contributed by atoms with Gasteiger partial charge in [-0.15, -0.1) is 0 Å². The lowest BCUT2D eigenvalue weighted by molar-refractivity contribution is -0.136. The topological polar surface area (TPSA) is 282 Å². The number of fused-ring (bicyclic) bond motifs is 3. The molecule has 5 aromatic rings. The largest absolute Gasteiger partial charge is 0.424 e. The number of carbonyl (C=O) groups excluding carboxylic acids is 6. The van der Waals surface area contributed by atoms with E-state index in [1.807, 2.05) is 12.1 Å². The molecule has 7 rings (SSSR count). The van der Waals surface area contributed by atoms with Gasteiger partial charge in [0.2, 0.25) is 23.6 Å². The number of ether oxygens (including phenoxy) is 2. The number of amides is 6. The highest BCUT2D eigenvalue weighted by Crippen LogP contribution is 2.34. The minimum Gasteiger partial charge on any atom is -0.424 e. The second-order valence-electron chi connectivity index (χ2n) is 13.6. The number of hydrogen-bond donors (Lipinski definition) is 5. The molecule has 2 aliphatic rings. The lowest BCUT2D eigenvalue weighted by Gasteiger charge is -2.27. The second-order valence-corrected chi connectivity index (χ2v) is 13.6. The normalized spacial score (nSPS) is 15.3. The van der Waals surface area contributed by atoms with Crippen LogP contribution in [0.15, 0.2) is 47.1 Å². The predicted molar refractivity (Wildman–Crippen MR) is 207 cm³/mol. The maximum atomic E-state index is 13.2. The Labute approximate surface area is 330 Å². The van der Waals surface area contributed by atoms with E-state index in [0.29, 0.717) is 85.8 Å². The number of carbonyl (C=O) groups is 6. The summed E-state index contributed by atoms with van der Waals surface area (Å²) >= 11 is 0. The number of anilines is 3. The standard InChI is InChI=1S/C38H41N11O9/c39-33-31-32(21-8-10-26-24(19-21)45-38(40)58-26)47-48(34(31)43-20-42-33)14-16-57-18-17-56-15-12-27(50)41-13-3-1-2-7-28(51)44-23-6-4-5-22-30(23)37(55)49(36(22)54)25-9-11-29(52)46-35(25)53/h4-6,8,10,19-20,25H,1-3,7,9,11-18H2,(H2,40,45)(H,41,50)(H,44,51)(H2,39,42,43)(H,46,52,53). The Morgan fingerprint density at radius 1 is 0.931 bits per heavy atom. The summed E-state index contributed by atoms with van der Waals surface area (Å²) in [6, 6.07) is 8.92. The summed E-state index contributed by atoms with van der Waals surface area (Å²) in [7, 11) is 0. The van der Waals surface area contributed by atoms with Crippen molar-refractivity contribution in [2.45, 2.75) is 57.5 Å². The van der Waals surface area contributed by atoms with Gasteiger partial charge in [0, 0.05) is 31.4 Å². The number of benzene rings is 2. The number of rotatable bonds is 18. The number of unbranched alkanes of at least 4 members (excludes halogenated alkanes) is 2. The maximum absolute atomic E-state index is 13.2. The number of piperidine rings is 1. The van der Waals surface area contributed by atoms with Gasteiger partial charge in [-0.25, -0.2) is 14.6 Å². The van der Waals surface area contributed by atoms with E-state index in [2.05, 4.69) is 30.9 Å². The van der Waals surface area contributed by atoms with Gasteiger partial charge in [-0.05, 0) is 49.6 Å². The van der Waals surface area contributed by atoms with Crippen molar-refractivity contribution in [2.24, 2.45) is 0 Å². The average Bonchev–Trinajstić information content (AvgIpc) is 3.85. The summed E-state index contributed by atoms with van der Waals surface area (Å²) in [5.74, 6) is -2.72. The first-order chi connectivity index (χ1) is 28.1. The number of nitrogens with one attached hydrogen (secondary N) is 3. The molecule has 1 unspecified atom stereocenters. The average molecular weight is 796 g/mol. The Kier molecular flexibility index (Phi) is 11.9. The predicted octanol–water partition coefficient (Wildman–Crippen LogP) is 1.94. The van der Waals surface area contributed by atoms with Gasteiger partial charge in [-0.1, -0.05) is 12.5 Å². The van der Waals surface area contributed by atoms with E-state index >= 15 is 0 Å². The molecule has 0 saturated carbocycles. The zero-order valence-electron chi connectivity index (χ0n) is 31.3. The van der Waals surface area contributed by atoms with Gasteiger partial charge in [0.05, 0.1) is 55.2 Å². The summed E-state index contributed by atoms with van der Waals surface area (Å²) in [4.78, 5) is 88.7. The van der Waals surface area contributed by atoms with E-state index in [9.17, 15) is 28.8 Å². The van der Waals surface area contributed by atoms with E-state index in [0.717, 1.165) is 10.5 Å². The molecule has 20 nitrogen and oxygen atoms in total. The minimum atomic E-state index is -1.10. The number of nitrogens with two attached hydrogens (primary N) is 2. The fourth-order valence-electron chi connectivity index (χ4n) is 6.85. The van der Waals surface area contributed by atoms with Crippen LogP contribution in [-0.4, -0.2) is 104 Å². The van der Waals surface area contributed by atoms with Gasteiger partial charge in [-0.3, -0.25) is 39.0 Å². The molecule has 7 N–H and O–H groups in total. The molecule has 1 fully saturated rings. The van der Waals surface area contributed by atoms with Crippen LogP contribution in [0.3, 0.4) is 0 Å². The van der Waals surface area contributed by atoms with Crippen LogP contribution < -0.4 is 27.4 Å². The molecular weight excluding hydrogens is 754 g/mol. The first kappa shape index (κ1) is 39.4. The first-order valence-electron chi connectivity index (χ1n) is 18.8. The van der Waals surface area contributed by atoms with Gasteiger partial charge >= 0.3 is 0 Å². The quantitative estimate of drug-likeness (QED) is 0.0626. The van der Waals surface area contributed by atoms with Gasteiger partial charge in [0.15, 0.2) is 11.2 Å². The Hall–Kier alpha value is -6.80. The zero-order chi connectivity index (χ0) is 40.8. The van der Waals surface area contributed by atoms with Crippen LogP contribution >= 0.6 is 0 Å². The molecule has 0 spiro atoms. The highest BCUT2D eigenvalue weighted by Gasteiger charge is 2.45. The maximum Gasteiger partial charge on any atom is 0.292 e. The minimum absolute atomic E-state index is 0.00943. The Balaban J connectivity index is 0.752. The Morgan fingerprint density at radius 3 is 2.59 bits per heavy atom. The third-order valence-electron chi connectivity index (χ3n) is 9.67. The van der Waals surface area contributed by atoms with Crippen molar-refractivity contribution < 1.29 is 42.7 Å². The molecule has 20 heteroatoms. The van der Waals surface area contributed by atoms with Crippen molar-refractivity contribution >= 4 is 75.1 Å². The molecule has 2 aliphatic heterocycles. The number of aromatic nitrogens is 5. The second kappa shape index (κ2) is 17.6. The van der Waals surface area contributed by atoms with Crippen LogP contribution in [0.5, 0.6) is 0 Å². The number of nitrogen functional groups attached to an aromatic ring is 2. The molecule has 1 atom stereocenters. The lowest BCUT2D eigenvalue weighted by atomic mass is 10.0. The number of nitrogens with zero attached hydrogens (tertiary/aromatic N) is 6. The van der Waals surface area contributed by atoms with Gasteiger partial charge in [0.1, 0.15) is 29.4 Å². The van der Waals surface area contributed by atoms with Gasteiger partial charge in [-0.2, -0.15) is 10.1 Å². The van der Waals surface area contributed by atoms with Crippen molar-refractivity contribution in [3.05, 3.63) is 53.9 Å². The van der Waals surface area contributed by atoms with Crippen LogP contribution in [0, 0.1) is 0 Å². The van der Waals surface area contributed by atoms with Crippen molar-refractivity contribution in [2.75, 3.05) is 49.8 Å². The van der Waals surface area contributed by atoms with E-state index in [1.54, 1.807) is 16.8 Å². The molecule has 0 aliphatic carbocycles. The van der Waals surface area contributed by atoms with E-state index in [4.69, 9.17) is 30.5 Å². The van der Waals surface area contributed by atoms with Crippen LogP contribution in [0.25, 0.3) is 33.4 Å². The lowest BCUT2D eigenvalue weighted by Crippen LogP contribution is -2.54. The smallest absolute Gasteiger partial charge is 0.292 e. The van der Waals surface area contributed by atoms with Crippen molar-refractivity contribution in [3.8, 4) is 11.3 Å². The number of hydrogen-bond acceptors (Lipinski definition) is 15. The molecule has 302 valence electrons. The van der Waals surface area contributed by atoms with Crippen molar-refractivity contribution in [3.63, 3.8) is 0 Å². The molecule has 6 amide bonds. The van der Waals surface area contributed by atoms with E-state index < -0.39 is 29.7 Å². The molecular formula is C38H41N11O9. The number of imide groups is 2. The van der Waals surface area contributed by atoms with Crippen LogP contribution in [0.1, 0.15) is 65.7 Å². The molecule has 58 heavy (non-hydrogen) atoms. The molecule has 1 saturated heterocycles. The van der Waals surface area contributed by atoms with Crippen molar-refractivity contribution in [1.82, 2.24) is 40.3 Å². The molecule has 3 aromatic heterocycles. The molecule has 0 radical (unpaired) electrons. The molecule has 2 aromatic carbocycles.